The van der Waals surface area contributed by atoms with Crippen LogP contribution in [0.5, 0.6) is 0 Å². The van der Waals surface area contributed by atoms with Gasteiger partial charge in [0.2, 0.25) is 0 Å². The molecule has 112 valence electrons. The summed E-state index contributed by atoms with van der Waals surface area (Å²) in [6.07, 6.45) is 0. The Kier molecular flexibility index (Phi) is 5.18. The number of thioether (sulfide) groups is 1. The molecule has 0 saturated carbocycles. The van der Waals surface area contributed by atoms with Crippen molar-refractivity contribution in [3.63, 3.8) is 0 Å². The summed E-state index contributed by atoms with van der Waals surface area (Å²) in [7, 11) is 0. The number of carboxylic acid groups (broad SMARTS) is 1. The van der Waals surface area contributed by atoms with Crippen LogP contribution < -0.4 is 0 Å². The van der Waals surface area contributed by atoms with Crippen LogP contribution in [0.2, 0.25) is 0 Å². The van der Waals surface area contributed by atoms with Gasteiger partial charge in [0.25, 0.3) is 0 Å². The zero-order valence-electron chi connectivity index (χ0n) is 11.9. The largest absolute Gasteiger partial charge is 0.480 e. The number of hydrogen-bond acceptors (Lipinski definition) is 3. The Morgan fingerprint density at radius 3 is 2.45 bits per heavy atom. The van der Waals surface area contributed by atoms with Crippen molar-refractivity contribution in [2.75, 3.05) is 0 Å². The highest BCUT2D eigenvalue weighted by atomic mass is 32.2. The number of nitrogens with zero attached hydrogens (tertiary/aromatic N) is 1. The van der Waals surface area contributed by atoms with Gasteiger partial charge in [-0.1, -0.05) is 24.3 Å². The first-order valence-electron chi connectivity index (χ1n) is 6.65. The zero-order chi connectivity index (χ0) is 16.1. The molecule has 2 rings (SSSR count). The van der Waals surface area contributed by atoms with Crippen molar-refractivity contribution in [2.24, 2.45) is 0 Å². The maximum Gasteiger partial charge on any atom is 0.321 e. The Bertz CT molecular complexity index is 709. The van der Waals surface area contributed by atoms with Crippen molar-refractivity contribution < 1.29 is 14.3 Å². The molecule has 2 atom stereocenters. The number of rotatable bonds is 5. The predicted molar refractivity (Wildman–Crippen MR) is 83.1 cm³/mol. The van der Waals surface area contributed by atoms with Crippen molar-refractivity contribution in [3.8, 4) is 6.07 Å². The minimum atomic E-state index is -1.02. The maximum absolute atomic E-state index is 13.3. The molecule has 0 saturated heterocycles. The van der Waals surface area contributed by atoms with Gasteiger partial charge in [0, 0.05) is 4.90 Å². The Morgan fingerprint density at radius 2 is 1.91 bits per heavy atom. The van der Waals surface area contributed by atoms with Gasteiger partial charge in [0.15, 0.2) is 0 Å². The second-order valence-electron chi connectivity index (χ2n) is 4.81. The van der Waals surface area contributed by atoms with E-state index in [4.69, 9.17) is 5.26 Å². The van der Waals surface area contributed by atoms with Gasteiger partial charge in [-0.3, -0.25) is 4.79 Å². The molecule has 0 radical (unpaired) electrons. The van der Waals surface area contributed by atoms with E-state index in [0.29, 0.717) is 5.56 Å². The van der Waals surface area contributed by atoms with E-state index < -0.39 is 17.0 Å². The van der Waals surface area contributed by atoms with E-state index >= 15 is 0 Å². The molecule has 2 aromatic carbocycles. The normalized spacial score (nSPS) is 13.1. The van der Waals surface area contributed by atoms with E-state index in [1.807, 2.05) is 0 Å². The molecule has 1 N–H and O–H groups in total. The average molecular weight is 315 g/mol. The van der Waals surface area contributed by atoms with Crippen molar-refractivity contribution in [2.45, 2.75) is 23.0 Å². The number of aliphatic carboxylic acids is 1. The third kappa shape index (κ3) is 3.86. The van der Waals surface area contributed by atoms with Crippen LogP contribution in [0.3, 0.4) is 0 Å². The fraction of sp³-hybridized carbons (Fsp3) is 0.176. The van der Waals surface area contributed by atoms with Crippen LogP contribution in [0.1, 0.15) is 29.2 Å². The fourth-order valence-corrected chi connectivity index (χ4v) is 2.93. The quantitative estimate of drug-likeness (QED) is 0.832. The highest BCUT2D eigenvalue weighted by Crippen LogP contribution is 2.36. The molecular formula is C17H14FNO2S. The van der Waals surface area contributed by atoms with Gasteiger partial charge in [-0.2, -0.15) is 5.26 Å². The van der Waals surface area contributed by atoms with Crippen LogP contribution >= 0.6 is 11.8 Å². The van der Waals surface area contributed by atoms with E-state index in [-0.39, 0.29) is 5.92 Å². The number of carboxylic acids is 1. The molecule has 3 nitrogen and oxygen atoms in total. The number of carbonyl (C=O) groups is 1. The summed E-state index contributed by atoms with van der Waals surface area (Å²) in [6.45, 7) is 1.80. The van der Waals surface area contributed by atoms with Gasteiger partial charge in [-0.15, -0.1) is 11.8 Å². The highest BCUT2D eigenvalue weighted by molar-refractivity contribution is 8.00. The molecular weight excluding hydrogens is 301 g/mol. The topological polar surface area (TPSA) is 61.1 Å². The summed E-state index contributed by atoms with van der Waals surface area (Å²) in [5, 5.41) is 17.4. The number of nitriles is 1. The molecule has 0 spiro atoms. The Morgan fingerprint density at radius 1 is 1.23 bits per heavy atom. The van der Waals surface area contributed by atoms with E-state index in [2.05, 4.69) is 6.07 Å². The van der Waals surface area contributed by atoms with Crippen LogP contribution in [-0.2, 0) is 4.79 Å². The van der Waals surface area contributed by atoms with Crippen LogP contribution in [0.15, 0.2) is 53.4 Å². The number of benzene rings is 2. The molecule has 2 unspecified atom stereocenters. The third-order valence-electron chi connectivity index (χ3n) is 3.20. The first-order valence-corrected chi connectivity index (χ1v) is 7.53. The summed E-state index contributed by atoms with van der Waals surface area (Å²) < 4.78 is 13.3. The van der Waals surface area contributed by atoms with E-state index in [1.54, 1.807) is 37.3 Å². The van der Waals surface area contributed by atoms with Crippen molar-refractivity contribution in [3.05, 3.63) is 65.5 Å². The average Bonchev–Trinajstić information content (AvgIpc) is 2.52. The lowest BCUT2D eigenvalue weighted by molar-refractivity contribution is -0.136. The smallest absolute Gasteiger partial charge is 0.321 e. The molecule has 0 fully saturated rings. The lowest BCUT2D eigenvalue weighted by Gasteiger charge is -2.13. The number of hydrogen-bond donors (Lipinski definition) is 1. The Balaban J connectivity index is 2.22. The summed E-state index contributed by atoms with van der Waals surface area (Å²) in [4.78, 5) is 12.2. The van der Waals surface area contributed by atoms with Gasteiger partial charge < -0.3 is 5.11 Å². The summed E-state index contributed by atoms with van der Waals surface area (Å²) in [6, 6.07) is 14.9. The number of halogens is 1. The van der Waals surface area contributed by atoms with Crippen molar-refractivity contribution in [1.29, 1.82) is 5.26 Å². The summed E-state index contributed by atoms with van der Waals surface area (Å²) in [5.41, 5.74) is 1.29. The molecule has 2 aromatic rings. The predicted octanol–water partition coefficient (Wildman–Crippen LogP) is 4.37. The van der Waals surface area contributed by atoms with Gasteiger partial charge in [-0.05, 0) is 42.3 Å². The molecule has 0 heterocycles. The van der Waals surface area contributed by atoms with Gasteiger partial charge in [0.05, 0.1) is 12.0 Å². The Labute approximate surface area is 132 Å². The van der Waals surface area contributed by atoms with Crippen LogP contribution in [-0.4, -0.2) is 11.1 Å². The molecule has 0 amide bonds. The Hall–Kier alpha value is -2.32. The molecule has 5 heteroatoms. The molecule has 22 heavy (non-hydrogen) atoms. The maximum atomic E-state index is 13.3. The van der Waals surface area contributed by atoms with Crippen LogP contribution in [0, 0.1) is 17.1 Å². The minimum Gasteiger partial charge on any atom is -0.480 e. The zero-order valence-corrected chi connectivity index (χ0v) is 12.7. The van der Waals surface area contributed by atoms with E-state index in [9.17, 15) is 14.3 Å². The first-order chi connectivity index (χ1) is 10.5. The monoisotopic (exact) mass is 315 g/mol. The van der Waals surface area contributed by atoms with E-state index in [1.165, 1.54) is 18.2 Å². The molecule has 0 aliphatic heterocycles. The van der Waals surface area contributed by atoms with Crippen molar-refractivity contribution in [1.82, 2.24) is 0 Å². The minimum absolute atomic E-state index is 0.211. The van der Waals surface area contributed by atoms with Crippen LogP contribution in [0.4, 0.5) is 4.39 Å². The van der Waals surface area contributed by atoms with Gasteiger partial charge >= 0.3 is 5.97 Å². The second-order valence-corrected chi connectivity index (χ2v) is 5.99. The standard InChI is InChI=1S/C17H14FNO2S/c1-11(10-19)12-5-7-15(8-6-12)22-16(17(20)21)13-3-2-4-14(18)9-13/h2-9,11,16H,1H3,(H,20,21). The fourth-order valence-electron chi connectivity index (χ4n) is 1.98. The van der Waals surface area contributed by atoms with Gasteiger partial charge in [0.1, 0.15) is 11.1 Å². The molecule has 0 aliphatic carbocycles. The SMILES string of the molecule is CC(C#N)c1ccc(SC(C(=O)O)c2cccc(F)c2)cc1. The lowest BCUT2D eigenvalue weighted by atomic mass is 10.0. The van der Waals surface area contributed by atoms with Crippen molar-refractivity contribution >= 4 is 17.7 Å². The second kappa shape index (κ2) is 7.10. The van der Waals surface area contributed by atoms with E-state index in [0.717, 1.165) is 22.2 Å². The molecule has 0 bridgehead atoms. The lowest BCUT2D eigenvalue weighted by Crippen LogP contribution is -2.08. The summed E-state index contributed by atoms with van der Waals surface area (Å²) in [5.74, 6) is -1.69. The summed E-state index contributed by atoms with van der Waals surface area (Å²) >= 11 is 1.14. The molecule has 0 aliphatic rings. The molecule has 0 aromatic heterocycles. The van der Waals surface area contributed by atoms with Crippen LogP contribution in [0.25, 0.3) is 0 Å². The van der Waals surface area contributed by atoms with Gasteiger partial charge in [-0.25, -0.2) is 4.39 Å². The third-order valence-corrected chi connectivity index (χ3v) is 4.46. The highest BCUT2D eigenvalue weighted by Gasteiger charge is 2.21. The first kappa shape index (κ1) is 16.1.